The molecule has 0 aliphatic rings. The summed E-state index contributed by atoms with van der Waals surface area (Å²) in [6.45, 7) is 4.31. The zero-order valence-electron chi connectivity index (χ0n) is 11.6. The third-order valence-electron chi connectivity index (χ3n) is 2.76. The molecule has 0 bridgehead atoms. The molecule has 1 aromatic carbocycles. The minimum atomic E-state index is -0.814. The lowest BCUT2D eigenvalue weighted by Gasteiger charge is -2.12. The van der Waals surface area contributed by atoms with Gasteiger partial charge in [0.25, 0.3) is 0 Å². The second-order valence-corrected chi connectivity index (χ2v) is 5.81. The number of carboxylic acid groups (broad SMARTS) is 1. The smallest absolute Gasteiger partial charge is 0.319 e. The van der Waals surface area contributed by atoms with Gasteiger partial charge in [0.15, 0.2) is 0 Å². The third-order valence-corrected chi connectivity index (χ3v) is 3.22. The molecule has 0 saturated heterocycles. The van der Waals surface area contributed by atoms with Gasteiger partial charge in [-0.15, -0.1) is 0 Å². The first-order valence-electron chi connectivity index (χ1n) is 6.40. The molecule has 0 aliphatic heterocycles. The van der Waals surface area contributed by atoms with Crippen molar-refractivity contribution < 1.29 is 14.7 Å². The molecule has 20 heavy (non-hydrogen) atoms. The van der Waals surface area contributed by atoms with Gasteiger partial charge in [-0.05, 0) is 43.0 Å². The Morgan fingerprint density at radius 1 is 1.35 bits per heavy atom. The average molecular weight is 343 g/mol. The molecule has 1 unspecified atom stereocenters. The summed E-state index contributed by atoms with van der Waals surface area (Å²) in [6, 6.07) is 5.36. The highest BCUT2D eigenvalue weighted by atomic mass is 79.9. The molecule has 0 spiro atoms. The fourth-order valence-electron chi connectivity index (χ4n) is 1.72. The number of carbonyl (C=O) groups excluding carboxylic acids is 1. The number of carboxylic acids is 1. The number of hydrogen-bond acceptors (Lipinski definition) is 2. The molecule has 6 heteroatoms. The van der Waals surface area contributed by atoms with Crippen molar-refractivity contribution in [2.75, 3.05) is 11.9 Å². The van der Waals surface area contributed by atoms with E-state index in [1.807, 2.05) is 32.0 Å². The monoisotopic (exact) mass is 342 g/mol. The zero-order valence-corrected chi connectivity index (χ0v) is 13.2. The number of halogens is 1. The van der Waals surface area contributed by atoms with Gasteiger partial charge in [-0.3, -0.25) is 4.79 Å². The number of benzene rings is 1. The van der Waals surface area contributed by atoms with Crippen LogP contribution >= 0.6 is 15.9 Å². The number of amides is 2. The summed E-state index contributed by atoms with van der Waals surface area (Å²) in [6.07, 6.45) is 0.668. The van der Waals surface area contributed by atoms with Gasteiger partial charge in [-0.2, -0.15) is 0 Å². The van der Waals surface area contributed by atoms with Gasteiger partial charge in [-0.25, -0.2) is 4.79 Å². The summed E-state index contributed by atoms with van der Waals surface area (Å²) in [7, 11) is 0. The van der Waals surface area contributed by atoms with Crippen LogP contribution in [0, 0.1) is 12.8 Å². The molecule has 0 fully saturated rings. The van der Waals surface area contributed by atoms with Crippen LogP contribution in [0.5, 0.6) is 0 Å². The molecule has 1 atom stereocenters. The first-order chi connectivity index (χ1) is 9.36. The van der Waals surface area contributed by atoms with E-state index in [0.29, 0.717) is 18.7 Å². The van der Waals surface area contributed by atoms with Crippen LogP contribution in [0.1, 0.15) is 25.3 Å². The van der Waals surface area contributed by atoms with E-state index in [0.717, 1.165) is 10.0 Å². The van der Waals surface area contributed by atoms with Crippen LogP contribution in [0.2, 0.25) is 0 Å². The molecule has 0 aromatic heterocycles. The molecule has 3 N–H and O–H groups in total. The molecular weight excluding hydrogens is 324 g/mol. The Labute approximate surface area is 126 Å². The number of carbonyl (C=O) groups is 2. The van der Waals surface area contributed by atoms with E-state index in [9.17, 15) is 9.59 Å². The molecule has 2 amide bonds. The Kier molecular flexibility index (Phi) is 6.51. The summed E-state index contributed by atoms with van der Waals surface area (Å²) in [5.41, 5.74) is 1.76. The van der Waals surface area contributed by atoms with Crippen LogP contribution in [0.3, 0.4) is 0 Å². The normalized spacial score (nSPS) is 11.8. The molecule has 0 aliphatic carbocycles. The number of urea groups is 1. The van der Waals surface area contributed by atoms with Crippen molar-refractivity contribution in [1.82, 2.24) is 5.32 Å². The standard InChI is InChI=1S/C14H19BrN2O3/c1-9(3-4-13(18)19)8-16-14(20)17-12-6-10(2)5-11(15)7-12/h5-7,9H,3-4,8H2,1-2H3,(H,18,19)(H2,16,17,20). The van der Waals surface area contributed by atoms with E-state index in [-0.39, 0.29) is 18.4 Å². The third kappa shape index (κ3) is 6.56. The van der Waals surface area contributed by atoms with Crippen LogP contribution < -0.4 is 10.6 Å². The summed E-state index contributed by atoms with van der Waals surface area (Å²) in [4.78, 5) is 22.2. The fourth-order valence-corrected chi connectivity index (χ4v) is 2.33. The number of hydrogen-bond donors (Lipinski definition) is 3. The predicted molar refractivity (Wildman–Crippen MR) is 81.9 cm³/mol. The molecule has 0 heterocycles. The lowest BCUT2D eigenvalue weighted by molar-refractivity contribution is -0.137. The second-order valence-electron chi connectivity index (χ2n) is 4.89. The molecule has 5 nitrogen and oxygen atoms in total. The number of aryl methyl sites for hydroxylation is 1. The summed E-state index contributed by atoms with van der Waals surface area (Å²) in [5.74, 6) is -0.688. The van der Waals surface area contributed by atoms with Crippen LogP contribution in [-0.4, -0.2) is 23.7 Å². The van der Waals surface area contributed by atoms with Gasteiger partial charge >= 0.3 is 12.0 Å². The van der Waals surface area contributed by atoms with Crippen LogP contribution in [0.25, 0.3) is 0 Å². The molecule has 1 aromatic rings. The predicted octanol–water partition coefficient (Wildman–Crippen LogP) is 3.38. The number of aliphatic carboxylic acids is 1. The topological polar surface area (TPSA) is 78.4 Å². The van der Waals surface area contributed by atoms with E-state index in [1.54, 1.807) is 0 Å². The molecule has 0 saturated carbocycles. The lowest BCUT2D eigenvalue weighted by atomic mass is 10.1. The van der Waals surface area contributed by atoms with Crippen molar-refractivity contribution in [1.29, 1.82) is 0 Å². The lowest BCUT2D eigenvalue weighted by Crippen LogP contribution is -2.32. The average Bonchev–Trinajstić information content (AvgIpc) is 2.32. The fraction of sp³-hybridized carbons (Fsp3) is 0.429. The van der Waals surface area contributed by atoms with Crippen molar-refractivity contribution in [2.45, 2.75) is 26.7 Å². The molecule has 110 valence electrons. The van der Waals surface area contributed by atoms with E-state index < -0.39 is 5.97 Å². The highest BCUT2D eigenvalue weighted by molar-refractivity contribution is 9.10. The SMILES string of the molecule is Cc1cc(Br)cc(NC(=O)NCC(C)CCC(=O)O)c1. The second kappa shape index (κ2) is 7.89. The van der Waals surface area contributed by atoms with Crippen LogP contribution in [0.15, 0.2) is 22.7 Å². The van der Waals surface area contributed by atoms with Crippen molar-refractivity contribution in [3.63, 3.8) is 0 Å². The van der Waals surface area contributed by atoms with Gasteiger partial charge in [0.05, 0.1) is 0 Å². The van der Waals surface area contributed by atoms with Crippen LogP contribution in [0.4, 0.5) is 10.5 Å². The van der Waals surface area contributed by atoms with Gasteiger partial charge in [0.1, 0.15) is 0 Å². The molecular formula is C14H19BrN2O3. The largest absolute Gasteiger partial charge is 0.481 e. The van der Waals surface area contributed by atoms with Gasteiger partial charge in [-0.1, -0.05) is 22.9 Å². The maximum atomic E-state index is 11.7. The van der Waals surface area contributed by atoms with Crippen LogP contribution in [-0.2, 0) is 4.79 Å². The quantitative estimate of drug-likeness (QED) is 0.741. The van der Waals surface area contributed by atoms with Crippen molar-refractivity contribution in [3.8, 4) is 0 Å². The van der Waals surface area contributed by atoms with Gasteiger partial charge in [0.2, 0.25) is 0 Å². The molecule has 1 rings (SSSR count). The maximum absolute atomic E-state index is 11.7. The first-order valence-corrected chi connectivity index (χ1v) is 7.20. The van der Waals surface area contributed by atoms with E-state index in [2.05, 4.69) is 26.6 Å². The molecule has 0 radical (unpaired) electrons. The number of nitrogens with one attached hydrogen (secondary N) is 2. The van der Waals surface area contributed by atoms with Crippen molar-refractivity contribution in [3.05, 3.63) is 28.2 Å². The Balaban J connectivity index is 2.38. The Bertz CT molecular complexity index is 471. The van der Waals surface area contributed by atoms with E-state index in [4.69, 9.17) is 5.11 Å². The Morgan fingerprint density at radius 2 is 2.05 bits per heavy atom. The summed E-state index contributed by atoms with van der Waals surface area (Å²) >= 11 is 3.37. The first kappa shape index (κ1) is 16.5. The van der Waals surface area contributed by atoms with Crippen molar-refractivity contribution in [2.24, 2.45) is 5.92 Å². The van der Waals surface area contributed by atoms with E-state index in [1.165, 1.54) is 0 Å². The highest BCUT2D eigenvalue weighted by Gasteiger charge is 2.08. The van der Waals surface area contributed by atoms with E-state index >= 15 is 0 Å². The minimum absolute atomic E-state index is 0.120. The van der Waals surface area contributed by atoms with Crippen molar-refractivity contribution >= 4 is 33.6 Å². The summed E-state index contributed by atoms with van der Waals surface area (Å²) < 4.78 is 0.905. The van der Waals surface area contributed by atoms with Gasteiger partial charge < -0.3 is 15.7 Å². The Hall–Kier alpha value is -1.56. The zero-order chi connectivity index (χ0) is 15.1. The Morgan fingerprint density at radius 3 is 2.65 bits per heavy atom. The minimum Gasteiger partial charge on any atom is -0.481 e. The highest BCUT2D eigenvalue weighted by Crippen LogP contribution is 2.18. The maximum Gasteiger partial charge on any atom is 0.319 e. The van der Waals surface area contributed by atoms with Gasteiger partial charge in [0, 0.05) is 23.1 Å². The number of anilines is 1. The number of rotatable bonds is 6. The summed E-state index contributed by atoms with van der Waals surface area (Å²) in [5, 5.41) is 14.1.